The molecule has 0 unspecified atom stereocenters. The highest BCUT2D eigenvalue weighted by molar-refractivity contribution is 7.91. The molecule has 14 heteroatoms. The van der Waals surface area contributed by atoms with E-state index in [2.05, 4.69) is 0 Å². The predicted octanol–water partition coefficient (Wildman–Crippen LogP) is 0.562. The summed E-state index contributed by atoms with van der Waals surface area (Å²) in [6.07, 6.45) is -6.64. The van der Waals surface area contributed by atoms with Gasteiger partial charge in [0.25, 0.3) is 5.91 Å². The minimum atomic E-state index is -4.47. The summed E-state index contributed by atoms with van der Waals surface area (Å²) in [6, 6.07) is 4.17. The Balaban J connectivity index is 1.67. The summed E-state index contributed by atoms with van der Waals surface area (Å²) < 4.78 is 69.5. The van der Waals surface area contributed by atoms with Gasteiger partial charge in [-0.15, -0.1) is 0 Å². The van der Waals surface area contributed by atoms with Gasteiger partial charge in [0, 0.05) is 26.2 Å². The van der Waals surface area contributed by atoms with Crippen LogP contribution >= 0.6 is 0 Å². The highest BCUT2D eigenvalue weighted by Gasteiger charge is 2.55. The van der Waals surface area contributed by atoms with Gasteiger partial charge in [-0.2, -0.15) is 13.2 Å². The predicted molar refractivity (Wildman–Crippen MR) is 104 cm³/mol. The summed E-state index contributed by atoms with van der Waals surface area (Å²) in [5.74, 6) is -0.918. The molecule has 2 aliphatic rings. The number of carboxylic acid groups (broad SMARTS) is 1. The number of sulfonamides is 1. The molecule has 10 nitrogen and oxygen atoms in total. The first-order valence-corrected chi connectivity index (χ1v) is 11.6. The lowest BCUT2D eigenvalue weighted by Crippen LogP contribution is -2.63. The number of hydrogen-bond acceptors (Lipinski definition) is 7. The van der Waals surface area contributed by atoms with Gasteiger partial charge in [-0.05, 0) is 49.9 Å². The number of amides is 2. The van der Waals surface area contributed by atoms with Crippen molar-refractivity contribution in [2.75, 3.05) is 26.2 Å². The van der Waals surface area contributed by atoms with Gasteiger partial charge in [-0.1, -0.05) is 0 Å². The molecule has 2 fully saturated rings. The van der Waals surface area contributed by atoms with Gasteiger partial charge < -0.3 is 19.5 Å². The number of carbonyl (C=O) groups is 2. The number of hydrogen-bond donors (Lipinski definition) is 2. The molecular weight excluding hydrogens is 471 g/mol. The Morgan fingerprint density at radius 2 is 1.64 bits per heavy atom. The number of rotatable bonds is 5. The summed E-state index contributed by atoms with van der Waals surface area (Å²) in [7, 11) is -4.28. The molecule has 33 heavy (non-hydrogen) atoms. The Bertz CT molecular complexity index is 969. The number of hydroxylamine groups is 1. The molecule has 1 aromatic carbocycles. The van der Waals surface area contributed by atoms with Crippen LogP contribution in [0, 0.1) is 0 Å². The lowest BCUT2D eigenvalue weighted by atomic mass is 9.95. The first-order valence-electron chi connectivity index (χ1n) is 10.1. The number of carbonyl (C=O) groups excluding carboxylic acids is 2. The third-order valence-corrected chi connectivity index (χ3v) is 8.69. The van der Waals surface area contributed by atoms with Crippen molar-refractivity contribution in [2.24, 2.45) is 0 Å². The topological polar surface area (TPSA) is 139 Å². The summed E-state index contributed by atoms with van der Waals surface area (Å²) in [4.78, 5) is 24.3. The first-order chi connectivity index (χ1) is 15.4. The first kappa shape index (κ1) is 25.1. The smallest absolute Gasteiger partial charge is 0.416 e. The number of ether oxygens (including phenoxy) is 1. The van der Waals surface area contributed by atoms with Crippen LogP contribution in [0.1, 0.15) is 31.2 Å². The average Bonchev–Trinajstić information content (AvgIpc) is 2.78. The van der Waals surface area contributed by atoms with E-state index in [1.54, 1.807) is 0 Å². The summed E-state index contributed by atoms with van der Waals surface area (Å²) in [5.41, 5.74) is 0.578. The van der Waals surface area contributed by atoms with E-state index in [1.807, 2.05) is 0 Å². The van der Waals surface area contributed by atoms with E-state index in [0.29, 0.717) is 0 Å². The third kappa shape index (κ3) is 5.01. The van der Waals surface area contributed by atoms with Gasteiger partial charge >= 0.3 is 6.18 Å². The van der Waals surface area contributed by atoms with Crippen molar-refractivity contribution in [3.05, 3.63) is 29.8 Å². The molecular formula is C19H23F3N3O7S-. The fourth-order valence-electron chi connectivity index (χ4n) is 4.11. The summed E-state index contributed by atoms with van der Waals surface area (Å²) >= 11 is 0. The number of nitrogens with zero attached hydrogens (tertiary/aromatic N) is 2. The van der Waals surface area contributed by atoms with Gasteiger partial charge in [0.2, 0.25) is 10.0 Å². The Morgan fingerprint density at radius 3 is 2.09 bits per heavy atom. The molecule has 0 aromatic heterocycles. The van der Waals surface area contributed by atoms with Crippen molar-refractivity contribution >= 4 is 22.0 Å². The molecule has 2 amide bonds. The molecule has 3 rings (SSSR count). The number of piperidine rings is 2. The lowest BCUT2D eigenvalue weighted by molar-refractivity contribution is -0.266. The van der Waals surface area contributed by atoms with Crippen molar-refractivity contribution in [1.82, 2.24) is 14.7 Å². The van der Waals surface area contributed by atoms with Gasteiger partial charge in [-0.3, -0.25) is 10.0 Å². The minimum absolute atomic E-state index is 0.0156. The maximum atomic E-state index is 13.4. The Kier molecular flexibility index (Phi) is 7.10. The Morgan fingerprint density at radius 1 is 1.09 bits per heavy atom. The molecule has 0 radical (unpaired) electrons. The normalized spacial score (nSPS) is 20.3. The lowest BCUT2D eigenvalue weighted by Gasteiger charge is -2.43. The molecule has 2 N–H and O–H groups in total. The number of nitrogens with one attached hydrogen (secondary N) is 1. The van der Waals surface area contributed by atoms with Gasteiger partial charge in [0.1, 0.15) is 17.9 Å². The zero-order chi connectivity index (χ0) is 24.4. The molecule has 0 bridgehead atoms. The van der Waals surface area contributed by atoms with E-state index >= 15 is 0 Å². The average molecular weight is 494 g/mol. The number of likely N-dealkylation sites (tertiary alicyclic amines) is 1. The van der Waals surface area contributed by atoms with E-state index in [-0.39, 0.29) is 57.6 Å². The van der Waals surface area contributed by atoms with Crippen LogP contribution in [0.4, 0.5) is 18.0 Å². The Labute approximate surface area is 187 Å². The molecule has 2 saturated heterocycles. The second-order valence-corrected chi connectivity index (χ2v) is 10.2. The molecule has 0 atom stereocenters. The molecule has 0 aliphatic carbocycles. The zero-order valence-electron chi connectivity index (χ0n) is 17.4. The van der Waals surface area contributed by atoms with Crippen molar-refractivity contribution in [1.29, 1.82) is 0 Å². The van der Waals surface area contributed by atoms with Crippen LogP contribution in [-0.4, -0.2) is 71.9 Å². The SMILES string of the molecule is O=C([O-])N1CCC(C(=O)NO)(S(=O)(=O)N2CCC(Oc3ccc(C(F)(F)F)cc3)CC2)CC1. The second kappa shape index (κ2) is 9.35. The number of alkyl halides is 3. The summed E-state index contributed by atoms with van der Waals surface area (Å²) in [5, 5.41) is 20.2. The largest absolute Gasteiger partial charge is 0.530 e. The van der Waals surface area contributed by atoms with E-state index in [0.717, 1.165) is 21.3 Å². The van der Waals surface area contributed by atoms with Crippen LogP contribution in [0.3, 0.4) is 0 Å². The molecule has 184 valence electrons. The van der Waals surface area contributed by atoms with Crippen LogP contribution in [0.2, 0.25) is 0 Å². The van der Waals surface area contributed by atoms with Gasteiger partial charge in [0.15, 0.2) is 4.75 Å². The minimum Gasteiger partial charge on any atom is -0.530 e. The zero-order valence-corrected chi connectivity index (χ0v) is 18.2. The van der Waals surface area contributed by atoms with Crippen molar-refractivity contribution in [3.63, 3.8) is 0 Å². The van der Waals surface area contributed by atoms with Crippen LogP contribution in [0.25, 0.3) is 0 Å². The van der Waals surface area contributed by atoms with Crippen LogP contribution in [-0.2, 0) is 21.0 Å². The van der Waals surface area contributed by atoms with E-state index in [1.165, 1.54) is 17.6 Å². The fourth-order valence-corrected chi connectivity index (χ4v) is 6.27. The second-order valence-electron chi connectivity index (χ2n) is 7.93. The van der Waals surface area contributed by atoms with Crippen LogP contribution in [0.5, 0.6) is 5.75 Å². The van der Waals surface area contributed by atoms with Crippen LogP contribution in [0.15, 0.2) is 24.3 Å². The highest BCUT2D eigenvalue weighted by atomic mass is 32.2. The highest BCUT2D eigenvalue weighted by Crippen LogP contribution is 2.36. The maximum Gasteiger partial charge on any atom is 0.416 e. The number of benzene rings is 1. The monoisotopic (exact) mass is 494 g/mol. The molecule has 0 spiro atoms. The summed E-state index contributed by atoms with van der Waals surface area (Å²) in [6.45, 7) is -0.526. The van der Waals surface area contributed by atoms with E-state index < -0.39 is 44.6 Å². The van der Waals surface area contributed by atoms with E-state index in [4.69, 9.17) is 9.94 Å². The van der Waals surface area contributed by atoms with Crippen LogP contribution < -0.4 is 15.3 Å². The van der Waals surface area contributed by atoms with Crippen molar-refractivity contribution in [3.8, 4) is 5.75 Å². The number of halogens is 3. The molecule has 0 saturated carbocycles. The quantitative estimate of drug-likeness (QED) is 0.450. The van der Waals surface area contributed by atoms with Gasteiger partial charge in [-0.25, -0.2) is 18.2 Å². The van der Waals surface area contributed by atoms with Crippen molar-refractivity contribution < 1.29 is 46.2 Å². The molecule has 2 heterocycles. The van der Waals surface area contributed by atoms with Crippen molar-refractivity contribution in [2.45, 2.75) is 42.7 Å². The molecule has 1 aromatic rings. The molecule has 2 aliphatic heterocycles. The fraction of sp³-hybridized carbons (Fsp3) is 0.579. The standard InChI is InChI=1S/C19H24F3N3O7S/c20-19(21,22)13-1-3-14(4-2-13)32-15-5-9-25(10-6-15)33(30,31)18(16(26)23-29)7-11-24(12-8-18)17(27)28/h1-4,15,29H,5-12H2,(H,23,26)(H,27,28)/p-1. The third-order valence-electron chi connectivity index (χ3n) is 6.06. The van der Waals surface area contributed by atoms with E-state index in [9.17, 15) is 36.3 Å². The Hall–Kier alpha value is -2.58. The maximum absolute atomic E-state index is 13.4. The van der Waals surface area contributed by atoms with Gasteiger partial charge in [0.05, 0.1) is 5.56 Å².